The van der Waals surface area contributed by atoms with Gasteiger partial charge in [-0.2, -0.15) is 5.26 Å². The molecular weight excluding hydrogens is 478 g/mol. The maximum absolute atomic E-state index is 11.3. The number of nitrogens with one attached hydrogen (secondary N) is 1. The zero-order valence-electron chi connectivity index (χ0n) is 20.3. The molecule has 1 amide bonds. The molecule has 36 heavy (non-hydrogen) atoms. The van der Waals surface area contributed by atoms with Gasteiger partial charge in [-0.3, -0.25) is 0 Å². The predicted octanol–water partition coefficient (Wildman–Crippen LogP) is 5.53. The van der Waals surface area contributed by atoms with Crippen molar-refractivity contribution in [2.45, 2.75) is 19.5 Å². The number of thiophene rings is 1. The molecule has 9 nitrogen and oxygen atoms in total. The first-order valence-corrected chi connectivity index (χ1v) is 11.9. The van der Waals surface area contributed by atoms with Gasteiger partial charge < -0.3 is 24.8 Å². The number of anilines is 1. The van der Waals surface area contributed by atoms with E-state index in [9.17, 15) is 15.2 Å². The van der Waals surface area contributed by atoms with Gasteiger partial charge in [0.25, 0.3) is 0 Å². The highest BCUT2D eigenvalue weighted by molar-refractivity contribution is 7.10. The summed E-state index contributed by atoms with van der Waals surface area (Å²) in [5.41, 5.74) is 3.48. The number of benzene rings is 2. The number of rotatable bonds is 8. The zero-order chi connectivity index (χ0) is 25.8. The number of carbonyl (C=O) groups is 1. The Morgan fingerprint density at radius 3 is 2.61 bits per heavy atom. The van der Waals surface area contributed by atoms with Crippen LogP contribution in [-0.2, 0) is 6.54 Å². The van der Waals surface area contributed by atoms with Crippen LogP contribution in [-0.4, -0.2) is 47.3 Å². The molecule has 0 saturated carbocycles. The van der Waals surface area contributed by atoms with Gasteiger partial charge in [0.1, 0.15) is 11.9 Å². The number of fused-ring (bicyclic) bond motifs is 1. The lowest BCUT2D eigenvalue weighted by molar-refractivity contribution is 0.154. The summed E-state index contributed by atoms with van der Waals surface area (Å²) in [5, 5.41) is 24.9. The van der Waals surface area contributed by atoms with E-state index in [1.165, 1.54) is 4.90 Å². The summed E-state index contributed by atoms with van der Waals surface area (Å²) in [6, 6.07) is 15.3. The van der Waals surface area contributed by atoms with Crippen LogP contribution in [0.25, 0.3) is 22.0 Å². The van der Waals surface area contributed by atoms with Crippen LogP contribution in [0, 0.1) is 11.3 Å². The van der Waals surface area contributed by atoms with Crippen molar-refractivity contribution >= 4 is 34.2 Å². The number of amides is 1. The molecule has 10 heteroatoms. The average molecular weight is 504 g/mol. The van der Waals surface area contributed by atoms with E-state index in [1.54, 1.807) is 44.7 Å². The molecule has 2 heterocycles. The fourth-order valence-electron chi connectivity index (χ4n) is 3.88. The first-order chi connectivity index (χ1) is 17.3. The molecule has 0 radical (unpaired) electrons. The molecule has 0 aliphatic carbocycles. The normalized spacial score (nSPS) is 11.5. The Hall–Kier alpha value is -4.36. The van der Waals surface area contributed by atoms with Crippen LogP contribution in [0.15, 0.2) is 47.8 Å². The Balaban J connectivity index is 1.66. The van der Waals surface area contributed by atoms with Gasteiger partial charge in [-0.1, -0.05) is 24.3 Å². The highest BCUT2D eigenvalue weighted by Crippen LogP contribution is 2.37. The van der Waals surface area contributed by atoms with Crippen LogP contribution < -0.4 is 14.8 Å². The smallest absolute Gasteiger partial charge is 0.407 e. The quantitative estimate of drug-likeness (QED) is 0.322. The minimum Gasteiger partial charge on any atom is -0.493 e. The number of carboxylic acid groups (broad SMARTS) is 1. The van der Waals surface area contributed by atoms with Crippen molar-refractivity contribution in [2.75, 3.05) is 26.6 Å². The van der Waals surface area contributed by atoms with Crippen molar-refractivity contribution in [3.63, 3.8) is 0 Å². The molecule has 0 bridgehead atoms. The van der Waals surface area contributed by atoms with E-state index >= 15 is 0 Å². The zero-order valence-corrected chi connectivity index (χ0v) is 21.1. The summed E-state index contributed by atoms with van der Waals surface area (Å²) in [6.45, 7) is 2.31. The molecule has 184 valence electrons. The van der Waals surface area contributed by atoms with Crippen LogP contribution in [0.1, 0.15) is 29.2 Å². The van der Waals surface area contributed by atoms with E-state index in [0.717, 1.165) is 21.6 Å². The summed E-state index contributed by atoms with van der Waals surface area (Å²) in [7, 11) is 4.66. The standard InChI is InChI=1S/C26H25N5O4S/c1-15(23-9-17(14-36-23)18-8-6-5-7-16(18)13-31(2)26(32)33)28-25-19-10-21(34-3)22(35-4)11-20(19)29-24(12-27)30-25/h5-11,14-15H,13H2,1-4H3,(H,32,33)(H,28,29,30). The van der Waals surface area contributed by atoms with Crippen molar-refractivity contribution in [3.05, 3.63) is 64.1 Å². The third-order valence-electron chi connectivity index (χ3n) is 5.76. The Bertz CT molecular complexity index is 1460. The van der Waals surface area contributed by atoms with E-state index in [2.05, 4.69) is 26.7 Å². The monoisotopic (exact) mass is 503 g/mol. The lowest BCUT2D eigenvalue weighted by Crippen LogP contribution is -2.24. The molecule has 0 aliphatic heterocycles. The highest BCUT2D eigenvalue weighted by atomic mass is 32.1. The van der Waals surface area contributed by atoms with Gasteiger partial charge in [-0.25, -0.2) is 14.8 Å². The van der Waals surface area contributed by atoms with Gasteiger partial charge >= 0.3 is 6.09 Å². The van der Waals surface area contributed by atoms with Crippen LogP contribution >= 0.6 is 11.3 Å². The fourth-order valence-corrected chi connectivity index (χ4v) is 4.79. The lowest BCUT2D eigenvalue weighted by Gasteiger charge is -2.17. The third-order valence-corrected chi connectivity index (χ3v) is 6.88. The molecule has 1 unspecified atom stereocenters. The summed E-state index contributed by atoms with van der Waals surface area (Å²) >= 11 is 1.59. The first-order valence-electron chi connectivity index (χ1n) is 11.1. The Morgan fingerprint density at radius 1 is 1.19 bits per heavy atom. The van der Waals surface area contributed by atoms with Crippen molar-refractivity contribution < 1.29 is 19.4 Å². The minimum atomic E-state index is -0.975. The highest BCUT2D eigenvalue weighted by Gasteiger charge is 2.18. The molecule has 2 aromatic heterocycles. The molecule has 2 N–H and O–H groups in total. The number of hydrogen-bond donors (Lipinski definition) is 2. The second-order valence-corrected chi connectivity index (χ2v) is 9.07. The summed E-state index contributed by atoms with van der Waals surface area (Å²) in [5.74, 6) is 1.62. The van der Waals surface area contributed by atoms with Crippen LogP contribution in [0.3, 0.4) is 0 Å². The molecule has 4 rings (SSSR count). The third kappa shape index (κ3) is 5.01. The minimum absolute atomic E-state index is 0.0489. The van der Waals surface area contributed by atoms with Crippen LogP contribution in [0.2, 0.25) is 0 Å². The van der Waals surface area contributed by atoms with Crippen molar-refractivity contribution in [3.8, 4) is 28.7 Å². The largest absolute Gasteiger partial charge is 0.493 e. The van der Waals surface area contributed by atoms with E-state index < -0.39 is 6.09 Å². The number of methoxy groups -OCH3 is 2. The molecule has 0 saturated heterocycles. The van der Waals surface area contributed by atoms with Gasteiger partial charge in [-0.15, -0.1) is 11.3 Å². The Labute approximate surface area is 212 Å². The number of hydrogen-bond acceptors (Lipinski definition) is 8. The number of aromatic nitrogens is 2. The van der Waals surface area contributed by atoms with E-state index in [1.807, 2.05) is 37.3 Å². The second-order valence-electron chi connectivity index (χ2n) is 8.13. The SMILES string of the molecule is COc1cc2nc(C#N)nc(NC(C)c3cc(-c4ccccc4CN(C)C(=O)O)cs3)c2cc1OC. The molecule has 2 aromatic carbocycles. The summed E-state index contributed by atoms with van der Waals surface area (Å²) < 4.78 is 10.8. The molecule has 0 aliphatic rings. The van der Waals surface area contributed by atoms with Crippen LogP contribution in [0.4, 0.5) is 10.6 Å². The van der Waals surface area contributed by atoms with E-state index in [0.29, 0.717) is 34.8 Å². The lowest BCUT2D eigenvalue weighted by atomic mass is 10.0. The second kappa shape index (κ2) is 10.5. The topological polar surface area (TPSA) is 121 Å². The average Bonchev–Trinajstić information content (AvgIpc) is 3.38. The van der Waals surface area contributed by atoms with Gasteiger partial charge in [0.05, 0.1) is 25.8 Å². The Kier molecular flexibility index (Phi) is 7.22. The van der Waals surface area contributed by atoms with Gasteiger partial charge in [-0.05, 0) is 41.1 Å². The van der Waals surface area contributed by atoms with Crippen molar-refractivity contribution in [1.82, 2.24) is 14.9 Å². The number of ether oxygens (including phenoxy) is 2. The first kappa shape index (κ1) is 24.8. The van der Waals surface area contributed by atoms with Crippen molar-refractivity contribution in [1.29, 1.82) is 5.26 Å². The molecule has 1 atom stereocenters. The van der Waals surface area contributed by atoms with E-state index in [4.69, 9.17) is 9.47 Å². The molecule has 0 spiro atoms. The maximum Gasteiger partial charge on any atom is 0.407 e. The van der Waals surface area contributed by atoms with E-state index in [-0.39, 0.29) is 11.9 Å². The molecule has 4 aromatic rings. The summed E-state index contributed by atoms with van der Waals surface area (Å²) in [4.78, 5) is 22.3. The van der Waals surface area contributed by atoms with Gasteiger partial charge in [0.15, 0.2) is 11.5 Å². The predicted molar refractivity (Wildman–Crippen MR) is 139 cm³/mol. The number of nitrogens with zero attached hydrogens (tertiary/aromatic N) is 4. The molecule has 0 fully saturated rings. The maximum atomic E-state index is 11.3. The fraction of sp³-hybridized carbons (Fsp3) is 0.231. The Morgan fingerprint density at radius 2 is 1.92 bits per heavy atom. The molecular formula is C26H25N5O4S. The number of nitriles is 1. The van der Waals surface area contributed by atoms with Gasteiger partial charge in [0.2, 0.25) is 5.82 Å². The summed E-state index contributed by atoms with van der Waals surface area (Å²) in [6.07, 6.45) is -0.975. The van der Waals surface area contributed by atoms with Crippen molar-refractivity contribution in [2.24, 2.45) is 0 Å². The van der Waals surface area contributed by atoms with Crippen LogP contribution in [0.5, 0.6) is 11.5 Å². The van der Waals surface area contributed by atoms with Gasteiger partial charge in [0, 0.05) is 29.9 Å².